The third kappa shape index (κ3) is 6.42. The van der Waals surface area contributed by atoms with Gasteiger partial charge >= 0.3 is 0 Å². The Morgan fingerprint density at radius 3 is 1.83 bits per heavy atom. The minimum Gasteiger partial charge on any atom is -0.497 e. The van der Waals surface area contributed by atoms with Crippen molar-refractivity contribution in [3.63, 3.8) is 0 Å². The smallest absolute Gasteiger partial charge is 0.255 e. The molecule has 1 fully saturated rings. The summed E-state index contributed by atoms with van der Waals surface area (Å²) in [6.45, 7) is 7.03. The number of carbonyl (C=O) groups excluding carboxylic acids is 2. The van der Waals surface area contributed by atoms with Crippen LogP contribution in [0.5, 0.6) is 23.0 Å². The van der Waals surface area contributed by atoms with Crippen molar-refractivity contribution in [3.05, 3.63) is 47.5 Å². The molecule has 0 unspecified atom stereocenters. The number of hydrogen-bond acceptors (Lipinski definition) is 6. The highest BCUT2D eigenvalue weighted by Gasteiger charge is 2.42. The van der Waals surface area contributed by atoms with Gasteiger partial charge in [0.05, 0.1) is 39.6 Å². The Labute approximate surface area is 213 Å². The second-order valence-electron chi connectivity index (χ2n) is 10.5. The third-order valence-corrected chi connectivity index (χ3v) is 6.76. The van der Waals surface area contributed by atoms with E-state index in [1.807, 2.05) is 0 Å². The Balaban J connectivity index is 1.71. The van der Waals surface area contributed by atoms with Gasteiger partial charge in [-0.15, -0.1) is 0 Å². The van der Waals surface area contributed by atoms with E-state index in [1.165, 1.54) is 14.2 Å². The number of hydrogen-bond donors (Lipinski definition) is 2. The second-order valence-corrected chi connectivity index (χ2v) is 10.5. The lowest BCUT2D eigenvalue weighted by Gasteiger charge is -2.47. The van der Waals surface area contributed by atoms with Crippen molar-refractivity contribution in [2.45, 2.75) is 46.1 Å². The molecule has 2 aromatic rings. The standard InChI is InChI=1S/C28H38N2O6/c1-27(2)14-18(30-26(32)22-11-9-20(34-5)13-24(22)36-7)15-28(3,16-27)17-29-25(31)21-10-8-19(33-4)12-23(21)35-6/h8-13,18H,14-17H2,1-7H3,(H,29,31)(H,30,32)/t18-,28+/m1/s1. The van der Waals surface area contributed by atoms with Crippen molar-refractivity contribution in [2.24, 2.45) is 10.8 Å². The van der Waals surface area contributed by atoms with E-state index >= 15 is 0 Å². The number of nitrogens with one attached hydrogen (secondary N) is 2. The van der Waals surface area contributed by atoms with Gasteiger partial charge < -0.3 is 29.6 Å². The van der Waals surface area contributed by atoms with Crippen molar-refractivity contribution >= 4 is 11.8 Å². The maximum Gasteiger partial charge on any atom is 0.255 e. The number of rotatable bonds is 9. The number of amides is 2. The summed E-state index contributed by atoms with van der Waals surface area (Å²) >= 11 is 0. The van der Waals surface area contributed by atoms with Gasteiger partial charge in [0.15, 0.2) is 0 Å². The SMILES string of the molecule is COc1ccc(C(=O)NC[C@@]2(C)C[C@H](NC(=O)c3ccc(OC)cc3OC)CC(C)(C)C2)c(OC)c1. The van der Waals surface area contributed by atoms with Crippen LogP contribution in [0.15, 0.2) is 36.4 Å². The highest BCUT2D eigenvalue weighted by atomic mass is 16.5. The molecule has 0 spiro atoms. The van der Waals surface area contributed by atoms with Gasteiger partial charge in [0.1, 0.15) is 23.0 Å². The third-order valence-electron chi connectivity index (χ3n) is 6.76. The number of methoxy groups -OCH3 is 4. The van der Waals surface area contributed by atoms with E-state index in [4.69, 9.17) is 18.9 Å². The fourth-order valence-corrected chi connectivity index (χ4v) is 5.49. The van der Waals surface area contributed by atoms with Crippen LogP contribution in [0.1, 0.15) is 60.7 Å². The Morgan fingerprint density at radius 1 is 0.806 bits per heavy atom. The summed E-state index contributed by atoms with van der Waals surface area (Å²) in [5.74, 6) is 1.77. The Kier molecular flexibility index (Phi) is 8.38. The molecule has 0 radical (unpaired) electrons. The Morgan fingerprint density at radius 2 is 1.33 bits per heavy atom. The first-order valence-corrected chi connectivity index (χ1v) is 12.1. The molecular weight excluding hydrogens is 460 g/mol. The molecule has 8 heteroatoms. The highest BCUT2D eigenvalue weighted by Crippen LogP contribution is 2.46. The highest BCUT2D eigenvalue weighted by molar-refractivity contribution is 5.98. The van der Waals surface area contributed by atoms with Crippen molar-refractivity contribution in [1.29, 1.82) is 0 Å². The van der Waals surface area contributed by atoms with Crippen LogP contribution in [-0.2, 0) is 0 Å². The van der Waals surface area contributed by atoms with Crippen LogP contribution in [0.25, 0.3) is 0 Å². The topological polar surface area (TPSA) is 95.1 Å². The van der Waals surface area contributed by atoms with Crippen LogP contribution in [0.4, 0.5) is 0 Å². The van der Waals surface area contributed by atoms with Crippen molar-refractivity contribution in [2.75, 3.05) is 35.0 Å². The van der Waals surface area contributed by atoms with Crippen LogP contribution in [0.3, 0.4) is 0 Å². The molecule has 2 atom stereocenters. The van der Waals surface area contributed by atoms with Crippen molar-refractivity contribution in [1.82, 2.24) is 10.6 Å². The summed E-state index contributed by atoms with van der Waals surface area (Å²) in [5, 5.41) is 6.29. The summed E-state index contributed by atoms with van der Waals surface area (Å²) in [6.07, 6.45) is 2.49. The predicted octanol–water partition coefficient (Wildman–Crippen LogP) is 4.47. The zero-order chi connectivity index (χ0) is 26.5. The Hall–Kier alpha value is -3.42. The lowest BCUT2D eigenvalue weighted by Crippen LogP contribution is -2.50. The minimum absolute atomic E-state index is 0.0164. The predicted molar refractivity (Wildman–Crippen MR) is 138 cm³/mol. The molecule has 0 bridgehead atoms. The van der Waals surface area contributed by atoms with Gasteiger partial charge in [-0.25, -0.2) is 0 Å². The average Bonchev–Trinajstić information content (AvgIpc) is 2.85. The quantitative estimate of drug-likeness (QED) is 0.530. The van der Waals surface area contributed by atoms with E-state index in [1.54, 1.807) is 50.6 Å². The van der Waals surface area contributed by atoms with Gasteiger partial charge in [-0.2, -0.15) is 0 Å². The molecule has 0 aliphatic heterocycles. The number of ether oxygens (including phenoxy) is 4. The molecule has 36 heavy (non-hydrogen) atoms. The van der Waals surface area contributed by atoms with E-state index < -0.39 is 0 Å². The molecule has 1 aliphatic carbocycles. The first-order chi connectivity index (χ1) is 17.0. The molecule has 196 valence electrons. The van der Waals surface area contributed by atoms with Crippen LogP contribution in [0.2, 0.25) is 0 Å². The summed E-state index contributed by atoms with van der Waals surface area (Å²) in [7, 11) is 6.21. The fraction of sp³-hybridized carbons (Fsp3) is 0.500. The van der Waals surface area contributed by atoms with Crippen LogP contribution in [0, 0.1) is 10.8 Å². The average molecular weight is 499 g/mol. The first kappa shape index (κ1) is 27.2. The number of benzene rings is 2. The molecule has 1 saturated carbocycles. The van der Waals surface area contributed by atoms with E-state index in [2.05, 4.69) is 31.4 Å². The normalized spacial score (nSPS) is 20.7. The van der Waals surface area contributed by atoms with Gasteiger partial charge in [0, 0.05) is 24.7 Å². The van der Waals surface area contributed by atoms with Crippen LogP contribution < -0.4 is 29.6 Å². The molecule has 8 nitrogen and oxygen atoms in total. The lowest BCUT2D eigenvalue weighted by atomic mass is 9.62. The molecule has 3 rings (SSSR count). The maximum atomic E-state index is 13.2. The molecule has 2 aromatic carbocycles. The monoisotopic (exact) mass is 498 g/mol. The first-order valence-electron chi connectivity index (χ1n) is 12.1. The summed E-state index contributed by atoms with van der Waals surface area (Å²) in [6, 6.07) is 10.2. The Bertz CT molecular complexity index is 1100. The van der Waals surface area contributed by atoms with Gasteiger partial charge in [0.2, 0.25) is 0 Å². The molecule has 0 saturated heterocycles. The molecule has 0 heterocycles. The van der Waals surface area contributed by atoms with Crippen molar-refractivity contribution in [3.8, 4) is 23.0 Å². The van der Waals surface area contributed by atoms with E-state index in [0.717, 1.165) is 19.3 Å². The lowest BCUT2D eigenvalue weighted by molar-refractivity contribution is 0.0590. The second kappa shape index (κ2) is 11.1. The van der Waals surface area contributed by atoms with Gasteiger partial charge in [-0.3, -0.25) is 9.59 Å². The van der Waals surface area contributed by atoms with Crippen LogP contribution in [-0.4, -0.2) is 52.8 Å². The summed E-state index contributed by atoms with van der Waals surface area (Å²) in [4.78, 5) is 26.2. The van der Waals surface area contributed by atoms with Crippen LogP contribution >= 0.6 is 0 Å². The maximum absolute atomic E-state index is 13.2. The summed E-state index contributed by atoms with van der Waals surface area (Å²) in [5.41, 5.74) is 0.688. The molecule has 0 aromatic heterocycles. The minimum atomic E-state index is -0.209. The van der Waals surface area contributed by atoms with Gasteiger partial charge in [-0.05, 0) is 54.4 Å². The van der Waals surface area contributed by atoms with Gasteiger partial charge in [0.25, 0.3) is 11.8 Å². The van der Waals surface area contributed by atoms with Gasteiger partial charge in [-0.1, -0.05) is 20.8 Å². The van der Waals surface area contributed by atoms with E-state index in [0.29, 0.717) is 40.7 Å². The molecule has 2 N–H and O–H groups in total. The largest absolute Gasteiger partial charge is 0.497 e. The summed E-state index contributed by atoms with van der Waals surface area (Å²) < 4.78 is 21.3. The van der Waals surface area contributed by atoms with E-state index in [9.17, 15) is 9.59 Å². The number of carbonyl (C=O) groups is 2. The zero-order valence-corrected chi connectivity index (χ0v) is 22.3. The van der Waals surface area contributed by atoms with Crippen molar-refractivity contribution < 1.29 is 28.5 Å². The molecule has 2 amide bonds. The zero-order valence-electron chi connectivity index (χ0n) is 22.3. The molecular formula is C28H38N2O6. The fourth-order valence-electron chi connectivity index (χ4n) is 5.49. The van der Waals surface area contributed by atoms with E-state index in [-0.39, 0.29) is 28.7 Å². The molecule has 1 aliphatic rings.